The number of hydrogen-bond donors (Lipinski definition) is 1. The Hall–Kier alpha value is -1.54. The van der Waals surface area contributed by atoms with E-state index in [-0.39, 0.29) is 4.17 Å². The average Bonchev–Trinajstić information content (AvgIpc) is 3.04. The van der Waals surface area contributed by atoms with Gasteiger partial charge in [-0.05, 0) is 57.5 Å². The molecule has 0 aromatic heterocycles. The van der Waals surface area contributed by atoms with Crippen LogP contribution in [0.1, 0.15) is 0 Å². The van der Waals surface area contributed by atoms with Crippen molar-refractivity contribution < 1.29 is 4.74 Å². The van der Waals surface area contributed by atoms with Gasteiger partial charge in [0.25, 0.3) is 0 Å². The number of ether oxygens (including phenoxy) is 1. The fourth-order valence-electron chi connectivity index (χ4n) is 3.61. The minimum Gasteiger partial charge on any atom is -0.361 e. The number of rotatable bonds is 7. The topological polar surface area (TPSA) is 24.5 Å². The number of halogens is 2. The Balaban J connectivity index is 1.55. The van der Waals surface area contributed by atoms with Gasteiger partial charge in [-0.25, -0.2) is 0 Å². The van der Waals surface area contributed by atoms with Crippen LogP contribution in [0.2, 0.25) is 30.7 Å². The van der Waals surface area contributed by atoms with Gasteiger partial charge in [-0.1, -0.05) is 85.8 Å². The monoisotopic (exact) mass is 562 g/mol. The Kier molecular flexibility index (Phi) is 6.96. The molecule has 31 heavy (non-hydrogen) atoms. The maximum atomic E-state index is 6.68. The molecule has 0 spiro atoms. The zero-order chi connectivity index (χ0) is 22.0. The molecular formula is C25H28ClIN2OSi. The first-order valence-electron chi connectivity index (χ1n) is 10.6. The van der Waals surface area contributed by atoms with Crippen molar-refractivity contribution in [1.82, 2.24) is 0 Å². The normalized spacial score (nSPS) is 15.6. The average molecular weight is 563 g/mol. The van der Waals surface area contributed by atoms with Gasteiger partial charge in [0.05, 0.1) is 16.4 Å². The first-order chi connectivity index (χ1) is 14.8. The molecule has 1 aliphatic rings. The van der Waals surface area contributed by atoms with E-state index >= 15 is 0 Å². The highest BCUT2D eigenvalue weighted by atomic mass is 127. The third-order valence-electron chi connectivity index (χ3n) is 5.47. The van der Waals surface area contributed by atoms with Crippen molar-refractivity contribution in [3.05, 3.63) is 71.8 Å². The maximum absolute atomic E-state index is 6.68. The van der Waals surface area contributed by atoms with Gasteiger partial charge < -0.3 is 15.0 Å². The standard InChI is InChI=1S/C25H28ClIN2OSi/c1-31(2,3)14-13-30-17-29-24-15-21(22(26)16-23(24)28-25(29)27)20-11-9-19(10-12-20)18-7-5-4-6-8-18/h4-12,15-16,25,28H,13-14,17H2,1-3H3. The SMILES string of the molecule is C[Si](C)(C)CCOCN1c2cc(-c3ccc(-c4ccccc4)cc3)c(Cl)cc2NC1I. The van der Waals surface area contributed by atoms with Gasteiger partial charge >= 0.3 is 0 Å². The molecule has 1 aliphatic heterocycles. The van der Waals surface area contributed by atoms with Gasteiger partial charge in [0.15, 0.2) is 4.17 Å². The Morgan fingerprint density at radius 1 is 0.968 bits per heavy atom. The summed E-state index contributed by atoms with van der Waals surface area (Å²) in [6.45, 7) is 8.52. The lowest BCUT2D eigenvalue weighted by Crippen LogP contribution is -2.33. The summed E-state index contributed by atoms with van der Waals surface area (Å²) in [7, 11) is -1.09. The summed E-state index contributed by atoms with van der Waals surface area (Å²) in [5.74, 6) is 0. The van der Waals surface area contributed by atoms with Crippen molar-refractivity contribution in [1.29, 1.82) is 0 Å². The van der Waals surface area contributed by atoms with Crippen LogP contribution in [0.4, 0.5) is 11.4 Å². The Labute approximate surface area is 204 Å². The summed E-state index contributed by atoms with van der Waals surface area (Å²) >= 11 is 9.09. The number of fused-ring (bicyclic) bond motifs is 1. The van der Waals surface area contributed by atoms with E-state index < -0.39 is 8.07 Å². The largest absolute Gasteiger partial charge is 0.361 e. The lowest BCUT2D eigenvalue weighted by Gasteiger charge is -2.24. The Morgan fingerprint density at radius 3 is 2.29 bits per heavy atom. The van der Waals surface area contributed by atoms with E-state index in [0.29, 0.717) is 6.73 Å². The number of nitrogens with zero attached hydrogens (tertiary/aromatic N) is 1. The highest BCUT2D eigenvalue weighted by Gasteiger charge is 2.28. The molecule has 0 amide bonds. The molecule has 1 atom stereocenters. The van der Waals surface area contributed by atoms with E-state index in [1.165, 1.54) is 17.2 Å². The summed E-state index contributed by atoms with van der Waals surface area (Å²) in [6, 6.07) is 24.4. The third-order valence-corrected chi connectivity index (χ3v) is 8.47. The van der Waals surface area contributed by atoms with Gasteiger partial charge in [0.2, 0.25) is 0 Å². The van der Waals surface area contributed by atoms with Crippen LogP contribution in [0.3, 0.4) is 0 Å². The molecule has 1 heterocycles. The number of benzene rings is 3. The lowest BCUT2D eigenvalue weighted by atomic mass is 9.99. The molecule has 0 saturated heterocycles. The summed E-state index contributed by atoms with van der Waals surface area (Å²) in [5, 5.41) is 4.27. The smallest absolute Gasteiger partial charge is 0.154 e. The van der Waals surface area contributed by atoms with Crippen molar-refractivity contribution in [2.75, 3.05) is 23.6 Å². The summed E-state index contributed by atoms with van der Waals surface area (Å²) in [6.07, 6.45) is 0. The highest BCUT2D eigenvalue weighted by Crippen LogP contribution is 2.43. The second-order valence-electron chi connectivity index (χ2n) is 9.09. The predicted octanol–water partition coefficient (Wildman–Crippen LogP) is 7.94. The van der Waals surface area contributed by atoms with Gasteiger partial charge in [-0.2, -0.15) is 0 Å². The first kappa shape index (κ1) is 22.6. The molecule has 0 bridgehead atoms. The van der Waals surface area contributed by atoms with Gasteiger partial charge in [-0.3, -0.25) is 0 Å². The van der Waals surface area contributed by atoms with Crippen molar-refractivity contribution in [2.45, 2.75) is 29.9 Å². The zero-order valence-electron chi connectivity index (χ0n) is 18.2. The minimum atomic E-state index is -1.09. The maximum Gasteiger partial charge on any atom is 0.154 e. The molecule has 0 aliphatic carbocycles. The number of nitrogens with one attached hydrogen (secondary N) is 1. The molecule has 0 saturated carbocycles. The molecule has 0 fully saturated rings. The van der Waals surface area contributed by atoms with Crippen molar-refractivity contribution in [3.8, 4) is 22.3 Å². The number of anilines is 2. The summed E-state index contributed by atoms with van der Waals surface area (Å²) < 4.78 is 6.19. The fourth-order valence-corrected chi connectivity index (χ4v) is 5.44. The van der Waals surface area contributed by atoms with Crippen LogP contribution in [-0.2, 0) is 4.74 Å². The van der Waals surface area contributed by atoms with E-state index in [2.05, 4.69) is 107 Å². The Bertz CT molecular complexity index is 1040. The van der Waals surface area contributed by atoms with Crippen LogP contribution in [0.5, 0.6) is 0 Å². The highest BCUT2D eigenvalue weighted by molar-refractivity contribution is 14.1. The van der Waals surface area contributed by atoms with Crippen molar-refractivity contribution in [2.24, 2.45) is 0 Å². The molecule has 162 valence electrons. The quantitative estimate of drug-likeness (QED) is 0.104. The second-order valence-corrected chi connectivity index (χ2v) is 16.3. The van der Waals surface area contributed by atoms with Crippen LogP contribution in [0.15, 0.2) is 66.7 Å². The third kappa shape index (κ3) is 5.45. The number of alkyl halides is 1. The molecule has 3 aromatic carbocycles. The molecule has 4 rings (SSSR count). The van der Waals surface area contributed by atoms with E-state index in [4.69, 9.17) is 16.3 Å². The first-order valence-corrected chi connectivity index (χ1v) is 15.9. The van der Waals surface area contributed by atoms with E-state index in [0.717, 1.165) is 34.1 Å². The molecule has 0 radical (unpaired) electrons. The van der Waals surface area contributed by atoms with Crippen molar-refractivity contribution in [3.63, 3.8) is 0 Å². The van der Waals surface area contributed by atoms with E-state index in [9.17, 15) is 0 Å². The molecular weight excluding hydrogens is 535 g/mol. The summed E-state index contributed by atoms with van der Waals surface area (Å²) in [4.78, 5) is 2.26. The van der Waals surface area contributed by atoms with Crippen LogP contribution in [0.25, 0.3) is 22.3 Å². The second kappa shape index (κ2) is 9.53. The van der Waals surface area contributed by atoms with E-state index in [1.807, 2.05) is 12.1 Å². The van der Waals surface area contributed by atoms with Crippen LogP contribution in [0, 0.1) is 0 Å². The van der Waals surface area contributed by atoms with Gasteiger partial charge in [-0.15, -0.1) is 0 Å². The van der Waals surface area contributed by atoms with Crippen LogP contribution >= 0.6 is 34.2 Å². The Morgan fingerprint density at radius 2 is 1.61 bits per heavy atom. The van der Waals surface area contributed by atoms with Crippen LogP contribution in [-0.4, -0.2) is 25.6 Å². The van der Waals surface area contributed by atoms with E-state index in [1.54, 1.807) is 0 Å². The molecule has 3 aromatic rings. The minimum absolute atomic E-state index is 0.145. The molecule has 3 nitrogen and oxygen atoms in total. The van der Waals surface area contributed by atoms with Crippen molar-refractivity contribution >= 4 is 53.6 Å². The van der Waals surface area contributed by atoms with Gasteiger partial charge in [0, 0.05) is 20.2 Å². The summed E-state index contributed by atoms with van der Waals surface area (Å²) in [5.41, 5.74) is 6.77. The number of hydrogen-bond acceptors (Lipinski definition) is 3. The molecule has 1 N–H and O–H groups in total. The molecule has 6 heteroatoms. The molecule has 1 unspecified atom stereocenters. The van der Waals surface area contributed by atoms with Gasteiger partial charge in [0.1, 0.15) is 6.73 Å². The fraction of sp³-hybridized carbons (Fsp3) is 0.280. The zero-order valence-corrected chi connectivity index (χ0v) is 22.1. The lowest BCUT2D eigenvalue weighted by molar-refractivity contribution is 0.147. The predicted molar refractivity (Wildman–Crippen MR) is 145 cm³/mol. The van der Waals surface area contributed by atoms with Crippen LogP contribution < -0.4 is 10.2 Å².